The van der Waals surface area contributed by atoms with E-state index in [2.05, 4.69) is 10.1 Å². The van der Waals surface area contributed by atoms with Crippen LogP contribution in [0.4, 0.5) is 32.2 Å². The quantitative estimate of drug-likeness (QED) is 0.513. The lowest BCUT2D eigenvalue weighted by atomic mass is 10.1. The van der Waals surface area contributed by atoms with E-state index in [1.807, 2.05) is 11.8 Å². The molecule has 2 aromatic rings. The van der Waals surface area contributed by atoms with Gasteiger partial charge in [0, 0.05) is 37.1 Å². The molecule has 0 atom stereocenters. The van der Waals surface area contributed by atoms with E-state index in [1.165, 1.54) is 22.5 Å². The Kier molecular flexibility index (Phi) is 6.88. The topological polar surface area (TPSA) is 34.0 Å². The van der Waals surface area contributed by atoms with Gasteiger partial charge < -0.3 is 4.90 Å². The average Bonchev–Trinajstić information content (AvgIpc) is 3.09. The molecule has 1 aliphatic rings. The lowest BCUT2D eigenvalue weighted by Gasteiger charge is -2.32. The fourth-order valence-corrected chi connectivity index (χ4v) is 4.44. The van der Waals surface area contributed by atoms with Gasteiger partial charge in [0.15, 0.2) is 5.69 Å². The van der Waals surface area contributed by atoms with Crippen LogP contribution in [0.2, 0.25) is 0 Å². The number of rotatable bonds is 6. The van der Waals surface area contributed by atoms with Crippen LogP contribution in [0.5, 0.6) is 0 Å². The number of halogens is 6. The molecule has 0 bridgehead atoms. The second kappa shape index (κ2) is 9.07. The van der Waals surface area contributed by atoms with E-state index >= 15 is 0 Å². The SMILES string of the molecule is CCCCn1nc(C(F)(F)F)cc1SC1CCN(c2ccc(C(F)(F)F)cn2)CC1. The summed E-state index contributed by atoms with van der Waals surface area (Å²) >= 11 is 1.39. The number of unbranched alkanes of at least 4 members (excludes halogenated alkanes) is 1. The van der Waals surface area contributed by atoms with Gasteiger partial charge in [-0.3, -0.25) is 4.68 Å². The minimum atomic E-state index is -4.48. The second-order valence-electron chi connectivity index (χ2n) is 7.15. The van der Waals surface area contributed by atoms with Gasteiger partial charge in [-0.1, -0.05) is 13.3 Å². The molecule has 4 nitrogen and oxygen atoms in total. The summed E-state index contributed by atoms with van der Waals surface area (Å²) in [5, 5.41) is 4.34. The molecule has 1 saturated heterocycles. The molecule has 0 amide bonds. The summed E-state index contributed by atoms with van der Waals surface area (Å²) in [6.07, 6.45) is -5.12. The third-order valence-electron chi connectivity index (χ3n) is 4.89. The first-order valence-electron chi connectivity index (χ1n) is 9.68. The van der Waals surface area contributed by atoms with Crippen LogP contribution in [0.3, 0.4) is 0 Å². The predicted molar refractivity (Wildman–Crippen MR) is 102 cm³/mol. The Hall–Kier alpha value is -1.91. The van der Waals surface area contributed by atoms with E-state index in [0.29, 0.717) is 43.3 Å². The smallest absolute Gasteiger partial charge is 0.357 e. The van der Waals surface area contributed by atoms with Crippen molar-refractivity contribution in [3.8, 4) is 0 Å². The molecule has 0 aliphatic carbocycles. The highest BCUT2D eigenvalue weighted by Crippen LogP contribution is 2.36. The van der Waals surface area contributed by atoms with Crippen molar-refractivity contribution in [1.29, 1.82) is 0 Å². The molecule has 3 heterocycles. The molecule has 3 rings (SSSR count). The number of alkyl halides is 6. The number of thioether (sulfide) groups is 1. The molecule has 1 fully saturated rings. The minimum Gasteiger partial charge on any atom is -0.357 e. The standard InChI is InChI=1S/C19H22F6N4S/c1-2-3-8-29-17(11-15(27-29)19(23,24)25)30-14-6-9-28(10-7-14)16-5-4-13(12-26-16)18(20,21)22/h4-5,11-12,14H,2-3,6-10H2,1H3. The van der Waals surface area contributed by atoms with Gasteiger partial charge in [0.1, 0.15) is 5.82 Å². The summed E-state index contributed by atoms with van der Waals surface area (Å²) in [5.74, 6) is 0.471. The Balaban J connectivity index is 1.62. The lowest BCUT2D eigenvalue weighted by molar-refractivity contribution is -0.141. The molecule has 0 aromatic carbocycles. The summed E-state index contributed by atoms with van der Waals surface area (Å²) in [6.45, 7) is 3.55. The Morgan fingerprint density at radius 2 is 1.77 bits per heavy atom. The Morgan fingerprint density at radius 3 is 2.30 bits per heavy atom. The van der Waals surface area contributed by atoms with Gasteiger partial charge in [0.05, 0.1) is 10.6 Å². The maximum atomic E-state index is 13.1. The molecular weight excluding hydrogens is 430 g/mol. The van der Waals surface area contributed by atoms with Gasteiger partial charge >= 0.3 is 12.4 Å². The highest BCUT2D eigenvalue weighted by molar-refractivity contribution is 7.99. The zero-order valence-electron chi connectivity index (χ0n) is 16.3. The molecule has 1 aliphatic heterocycles. The van der Waals surface area contributed by atoms with Crippen molar-refractivity contribution in [1.82, 2.24) is 14.8 Å². The second-order valence-corrected chi connectivity index (χ2v) is 8.47. The van der Waals surface area contributed by atoms with Gasteiger partial charge in [0.2, 0.25) is 0 Å². The summed E-state index contributed by atoms with van der Waals surface area (Å²) in [7, 11) is 0. The first-order chi connectivity index (χ1) is 14.1. The van der Waals surface area contributed by atoms with Crippen LogP contribution in [0.1, 0.15) is 43.9 Å². The van der Waals surface area contributed by atoms with Crippen molar-refractivity contribution >= 4 is 17.6 Å². The molecule has 2 aromatic heterocycles. The van der Waals surface area contributed by atoms with Gasteiger partial charge in [-0.2, -0.15) is 31.4 Å². The molecule has 0 unspecified atom stereocenters. The first-order valence-corrected chi connectivity index (χ1v) is 10.6. The number of nitrogens with zero attached hydrogens (tertiary/aromatic N) is 4. The van der Waals surface area contributed by atoms with E-state index in [0.717, 1.165) is 31.2 Å². The Morgan fingerprint density at radius 1 is 1.07 bits per heavy atom. The van der Waals surface area contributed by atoms with Gasteiger partial charge in [-0.25, -0.2) is 4.98 Å². The fraction of sp³-hybridized carbons (Fsp3) is 0.579. The van der Waals surface area contributed by atoms with Crippen molar-refractivity contribution in [2.75, 3.05) is 18.0 Å². The lowest BCUT2D eigenvalue weighted by Crippen LogP contribution is -2.35. The highest BCUT2D eigenvalue weighted by atomic mass is 32.2. The summed E-state index contributed by atoms with van der Waals surface area (Å²) in [5.41, 5.74) is -1.68. The zero-order chi connectivity index (χ0) is 21.9. The van der Waals surface area contributed by atoms with Crippen LogP contribution in [0.25, 0.3) is 0 Å². The number of hydrogen-bond acceptors (Lipinski definition) is 4. The third-order valence-corrected chi connectivity index (χ3v) is 6.26. The molecular formula is C19H22F6N4S. The molecule has 11 heteroatoms. The van der Waals surface area contributed by atoms with Gasteiger partial charge in [0.25, 0.3) is 0 Å². The maximum Gasteiger partial charge on any atom is 0.435 e. The van der Waals surface area contributed by atoms with E-state index in [1.54, 1.807) is 0 Å². The summed E-state index contributed by atoms with van der Waals surface area (Å²) in [6, 6.07) is 3.46. The van der Waals surface area contributed by atoms with Crippen LogP contribution in [-0.2, 0) is 18.9 Å². The van der Waals surface area contributed by atoms with E-state index in [9.17, 15) is 26.3 Å². The maximum absolute atomic E-state index is 13.1. The van der Waals surface area contributed by atoms with Crippen molar-refractivity contribution in [2.24, 2.45) is 0 Å². The van der Waals surface area contributed by atoms with Crippen LogP contribution in [-0.4, -0.2) is 33.1 Å². The number of aromatic nitrogens is 3. The molecule has 0 saturated carbocycles. The molecule has 0 radical (unpaired) electrons. The number of hydrogen-bond donors (Lipinski definition) is 0. The number of aryl methyl sites for hydroxylation is 1. The largest absolute Gasteiger partial charge is 0.435 e. The van der Waals surface area contributed by atoms with Crippen LogP contribution < -0.4 is 4.90 Å². The predicted octanol–water partition coefficient (Wildman–Crippen LogP) is 5.88. The van der Waals surface area contributed by atoms with Crippen molar-refractivity contribution in [3.63, 3.8) is 0 Å². The summed E-state index contributed by atoms with van der Waals surface area (Å²) < 4.78 is 78.6. The Bertz CT molecular complexity index is 823. The normalized spacial score (nSPS) is 16.3. The highest BCUT2D eigenvalue weighted by Gasteiger charge is 2.35. The molecule has 166 valence electrons. The van der Waals surface area contributed by atoms with Crippen LogP contribution in [0, 0.1) is 0 Å². The number of anilines is 1. The monoisotopic (exact) mass is 452 g/mol. The van der Waals surface area contributed by atoms with Crippen molar-refractivity contribution in [2.45, 2.75) is 61.8 Å². The van der Waals surface area contributed by atoms with E-state index in [4.69, 9.17) is 0 Å². The minimum absolute atomic E-state index is 0.105. The average molecular weight is 452 g/mol. The van der Waals surface area contributed by atoms with Crippen LogP contribution in [0.15, 0.2) is 29.4 Å². The van der Waals surface area contributed by atoms with E-state index < -0.39 is 23.6 Å². The summed E-state index contributed by atoms with van der Waals surface area (Å²) in [4.78, 5) is 5.81. The Labute approximate surface area is 174 Å². The van der Waals surface area contributed by atoms with Crippen molar-refractivity contribution < 1.29 is 26.3 Å². The van der Waals surface area contributed by atoms with Gasteiger partial charge in [-0.05, 0) is 31.4 Å². The molecule has 0 spiro atoms. The zero-order valence-corrected chi connectivity index (χ0v) is 17.1. The number of pyridine rings is 1. The third kappa shape index (κ3) is 5.61. The number of piperidine rings is 1. The first kappa shape index (κ1) is 22.8. The molecule has 30 heavy (non-hydrogen) atoms. The van der Waals surface area contributed by atoms with Gasteiger partial charge in [-0.15, -0.1) is 11.8 Å². The van der Waals surface area contributed by atoms with Crippen molar-refractivity contribution in [3.05, 3.63) is 35.7 Å². The van der Waals surface area contributed by atoms with Crippen LogP contribution >= 0.6 is 11.8 Å². The molecule has 0 N–H and O–H groups in total. The fourth-order valence-electron chi connectivity index (χ4n) is 3.22. The van der Waals surface area contributed by atoms with E-state index in [-0.39, 0.29) is 5.25 Å².